The van der Waals surface area contributed by atoms with Gasteiger partial charge in [-0.3, -0.25) is 4.57 Å². The quantitative estimate of drug-likeness (QED) is 0.171. The van der Waals surface area contributed by atoms with Gasteiger partial charge >= 0.3 is 0 Å². The number of aryl methyl sites for hydroxylation is 1. The molecule has 242 valence electrons. The Bertz CT molecular complexity index is 2570. The molecule has 2 heterocycles. The summed E-state index contributed by atoms with van der Waals surface area (Å²) in [6, 6.07) is 63.4. The van der Waals surface area contributed by atoms with E-state index < -0.39 is 0 Å². The average molecular weight is 656 g/mol. The third kappa shape index (κ3) is 5.61. The largest absolute Gasteiger partial charge is 0.310 e. The Balaban J connectivity index is 1.31. The van der Waals surface area contributed by atoms with Crippen LogP contribution in [0.5, 0.6) is 0 Å². The molecule has 0 aliphatic heterocycles. The van der Waals surface area contributed by atoms with Crippen LogP contribution in [0.25, 0.3) is 61.7 Å². The molecule has 0 bridgehead atoms. The van der Waals surface area contributed by atoms with Crippen molar-refractivity contribution in [1.82, 2.24) is 19.5 Å². The number of fused-ring (bicyclic) bond motifs is 3. The summed E-state index contributed by atoms with van der Waals surface area (Å²) < 4.78 is 2.18. The molecule has 0 N–H and O–H groups in total. The van der Waals surface area contributed by atoms with Gasteiger partial charge in [-0.25, -0.2) is 4.98 Å². The summed E-state index contributed by atoms with van der Waals surface area (Å²) in [7, 11) is 0. The lowest BCUT2D eigenvalue weighted by Crippen LogP contribution is -2.11. The van der Waals surface area contributed by atoms with E-state index in [4.69, 9.17) is 15.0 Å². The molecule has 0 amide bonds. The molecular formula is C46H33N5. The number of para-hydroxylation sites is 1. The molecule has 0 radical (unpaired) electrons. The van der Waals surface area contributed by atoms with Crippen molar-refractivity contribution in [1.29, 1.82) is 0 Å². The predicted octanol–water partition coefficient (Wildman–Crippen LogP) is 11.7. The molecule has 0 spiro atoms. The van der Waals surface area contributed by atoms with E-state index in [1.54, 1.807) is 0 Å². The van der Waals surface area contributed by atoms with Gasteiger partial charge in [-0.2, -0.15) is 9.97 Å². The van der Waals surface area contributed by atoms with Crippen LogP contribution >= 0.6 is 0 Å². The molecule has 0 saturated carbocycles. The van der Waals surface area contributed by atoms with Gasteiger partial charge in [0.05, 0.1) is 16.7 Å². The summed E-state index contributed by atoms with van der Waals surface area (Å²) in [5, 5.41) is 2.23. The maximum Gasteiger partial charge on any atom is 0.238 e. The zero-order valence-corrected chi connectivity index (χ0v) is 28.1. The van der Waals surface area contributed by atoms with Crippen LogP contribution in [-0.4, -0.2) is 19.5 Å². The highest BCUT2D eigenvalue weighted by molar-refractivity contribution is 6.16. The smallest absolute Gasteiger partial charge is 0.238 e. The van der Waals surface area contributed by atoms with Crippen molar-refractivity contribution in [2.75, 3.05) is 4.90 Å². The first kappa shape index (κ1) is 30.2. The maximum absolute atomic E-state index is 5.14. The first-order valence-electron chi connectivity index (χ1n) is 17.1. The van der Waals surface area contributed by atoms with Gasteiger partial charge < -0.3 is 4.90 Å². The van der Waals surface area contributed by atoms with Gasteiger partial charge in [0.2, 0.25) is 5.95 Å². The molecule has 0 unspecified atom stereocenters. The SMILES string of the molecule is Cc1ccc(N(c2cccc(-c3ccccc3)c2)c2cccc3c2c2ccccc2n3-c2nc(-c3ccccc3)nc(-c3ccccc3)n2)cc1. The van der Waals surface area contributed by atoms with Crippen molar-refractivity contribution in [3.8, 4) is 39.9 Å². The molecule has 0 fully saturated rings. The first-order valence-corrected chi connectivity index (χ1v) is 17.1. The lowest BCUT2D eigenvalue weighted by atomic mass is 10.0. The lowest BCUT2D eigenvalue weighted by molar-refractivity contribution is 0.953. The second-order valence-electron chi connectivity index (χ2n) is 12.6. The summed E-state index contributed by atoms with van der Waals surface area (Å²) in [5.41, 5.74) is 10.7. The summed E-state index contributed by atoms with van der Waals surface area (Å²) >= 11 is 0. The number of aromatic nitrogens is 4. The normalized spacial score (nSPS) is 11.2. The summed E-state index contributed by atoms with van der Waals surface area (Å²) in [6.07, 6.45) is 0. The number of hydrogen-bond acceptors (Lipinski definition) is 4. The van der Waals surface area contributed by atoms with Crippen molar-refractivity contribution in [2.45, 2.75) is 6.92 Å². The Morgan fingerprint density at radius 2 is 0.980 bits per heavy atom. The molecule has 51 heavy (non-hydrogen) atoms. The minimum Gasteiger partial charge on any atom is -0.310 e. The van der Waals surface area contributed by atoms with E-state index in [1.807, 2.05) is 60.7 Å². The van der Waals surface area contributed by atoms with Crippen molar-refractivity contribution in [2.24, 2.45) is 0 Å². The van der Waals surface area contributed by atoms with Crippen molar-refractivity contribution in [3.63, 3.8) is 0 Å². The Morgan fingerprint density at radius 3 is 1.65 bits per heavy atom. The minimum atomic E-state index is 0.569. The lowest BCUT2D eigenvalue weighted by Gasteiger charge is -2.27. The third-order valence-corrected chi connectivity index (χ3v) is 9.31. The van der Waals surface area contributed by atoms with E-state index in [1.165, 1.54) is 11.1 Å². The molecule has 2 aromatic heterocycles. The molecule has 0 atom stereocenters. The van der Waals surface area contributed by atoms with E-state index in [9.17, 15) is 0 Å². The highest BCUT2D eigenvalue weighted by Gasteiger charge is 2.23. The molecule has 0 aliphatic carbocycles. The van der Waals surface area contributed by atoms with Crippen molar-refractivity contribution in [3.05, 3.63) is 188 Å². The fourth-order valence-electron chi connectivity index (χ4n) is 6.88. The summed E-state index contributed by atoms with van der Waals surface area (Å²) in [5.74, 6) is 1.82. The first-order chi connectivity index (χ1) is 25.2. The van der Waals surface area contributed by atoms with Crippen LogP contribution in [0.1, 0.15) is 5.56 Å². The fourth-order valence-corrected chi connectivity index (χ4v) is 6.88. The van der Waals surface area contributed by atoms with Crippen molar-refractivity contribution >= 4 is 38.9 Å². The topological polar surface area (TPSA) is 46.8 Å². The third-order valence-electron chi connectivity index (χ3n) is 9.31. The molecular weight excluding hydrogens is 623 g/mol. The van der Waals surface area contributed by atoms with Gasteiger partial charge in [0.15, 0.2) is 11.6 Å². The van der Waals surface area contributed by atoms with E-state index in [0.717, 1.165) is 55.6 Å². The average Bonchev–Trinajstić information content (AvgIpc) is 3.55. The highest BCUT2D eigenvalue weighted by Crippen LogP contribution is 2.44. The molecule has 5 heteroatoms. The van der Waals surface area contributed by atoms with Crippen molar-refractivity contribution < 1.29 is 0 Å². The van der Waals surface area contributed by atoms with Crippen LogP contribution in [0.15, 0.2) is 182 Å². The number of nitrogens with zero attached hydrogens (tertiary/aromatic N) is 5. The zero-order valence-electron chi connectivity index (χ0n) is 28.1. The highest BCUT2D eigenvalue weighted by atomic mass is 15.2. The predicted molar refractivity (Wildman–Crippen MR) is 210 cm³/mol. The standard InChI is InChI=1S/C46H33N5/c1-32-27-29-37(30-28-32)50(38-22-13-21-36(31-38)33-15-5-2-6-16-33)41-25-14-26-42-43(41)39-23-11-12-24-40(39)51(42)46-48-44(34-17-7-3-8-18-34)47-45(49-46)35-19-9-4-10-20-35/h2-31H,1H3. The molecule has 5 nitrogen and oxygen atoms in total. The molecule has 9 aromatic rings. The van der Waals surface area contributed by atoms with E-state index in [0.29, 0.717) is 17.6 Å². The number of anilines is 3. The maximum atomic E-state index is 5.14. The van der Waals surface area contributed by atoms with Gasteiger partial charge in [0.25, 0.3) is 0 Å². The zero-order chi connectivity index (χ0) is 34.1. The number of hydrogen-bond donors (Lipinski definition) is 0. The second-order valence-corrected chi connectivity index (χ2v) is 12.6. The molecule has 7 aromatic carbocycles. The summed E-state index contributed by atoms with van der Waals surface area (Å²) in [6.45, 7) is 2.13. The molecule has 0 aliphatic rings. The number of benzene rings is 7. The van der Waals surface area contributed by atoms with Gasteiger partial charge in [-0.05, 0) is 60.5 Å². The van der Waals surface area contributed by atoms with Gasteiger partial charge in [-0.1, -0.05) is 145 Å². The molecule has 9 rings (SSSR count). The second kappa shape index (κ2) is 12.9. The molecule has 0 saturated heterocycles. The van der Waals surface area contributed by atoms with Crippen LogP contribution in [-0.2, 0) is 0 Å². The van der Waals surface area contributed by atoms with Crippen LogP contribution in [0.4, 0.5) is 17.1 Å². The Kier molecular flexibility index (Phi) is 7.63. The Labute approximate surface area is 296 Å². The Morgan fingerprint density at radius 1 is 0.431 bits per heavy atom. The van der Waals surface area contributed by atoms with Crippen LogP contribution < -0.4 is 4.90 Å². The van der Waals surface area contributed by atoms with E-state index in [-0.39, 0.29) is 0 Å². The minimum absolute atomic E-state index is 0.569. The van der Waals surface area contributed by atoms with Crippen LogP contribution in [0.3, 0.4) is 0 Å². The van der Waals surface area contributed by atoms with Crippen LogP contribution in [0.2, 0.25) is 0 Å². The van der Waals surface area contributed by atoms with Gasteiger partial charge in [-0.15, -0.1) is 0 Å². The monoisotopic (exact) mass is 655 g/mol. The number of rotatable bonds is 7. The summed E-state index contributed by atoms with van der Waals surface area (Å²) in [4.78, 5) is 17.6. The fraction of sp³-hybridized carbons (Fsp3) is 0.0217. The van der Waals surface area contributed by atoms with E-state index >= 15 is 0 Å². The van der Waals surface area contributed by atoms with Gasteiger partial charge in [0.1, 0.15) is 0 Å². The Hall–Kier alpha value is -6.85. The van der Waals surface area contributed by atoms with Crippen LogP contribution in [0, 0.1) is 6.92 Å². The van der Waals surface area contributed by atoms with Gasteiger partial charge in [0, 0.05) is 33.3 Å². The van der Waals surface area contributed by atoms with E-state index in [2.05, 4.69) is 138 Å².